The summed E-state index contributed by atoms with van der Waals surface area (Å²) < 4.78 is 13.7. The molecule has 0 bridgehead atoms. The van der Waals surface area contributed by atoms with Gasteiger partial charge in [-0.25, -0.2) is 4.39 Å². The van der Waals surface area contributed by atoms with Crippen molar-refractivity contribution in [2.75, 3.05) is 0 Å². The van der Waals surface area contributed by atoms with Crippen LogP contribution in [0.3, 0.4) is 0 Å². The van der Waals surface area contributed by atoms with Gasteiger partial charge in [0.1, 0.15) is 5.82 Å². The van der Waals surface area contributed by atoms with Crippen LogP contribution in [0.25, 0.3) is 16.5 Å². The minimum atomic E-state index is -0.351. The molecule has 3 rings (SSSR count). The highest BCUT2D eigenvalue weighted by atomic mass is 32.1. The Labute approximate surface area is 118 Å². The Hall–Kier alpha value is -2.27. The molecular weight excluding hydrogens is 277 g/mol. The summed E-state index contributed by atoms with van der Waals surface area (Å²) in [4.78, 5) is 24.2. The van der Waals surface area contributed by atoms with E-state index in [4.69, 9.17) is 0 Å². The molecular formula is C15H10FNO2S. The third kappa shape index (κ3) is 2.40. The molecule has 1 aromatic carbocycles. The van der Waals surface area contributed by atoms with Crippen LogP contribution in [0.4, 0.5) is 4.39 Å². The lowest BCUT2D eigenvalue weighted by Crippen LogP contribution is -2.19. The van der Waals surface area contributed by atoms with Crippen LogP contribution in [0.2, 0.25) is 0 Å². The Bertz CT molecular complexity index is 733. The first-order chi connectivity index (χ1) is 9.63. The molecule has 2 amide bonds. The van der Waals surface area contributed by atoms with Gasteiger partial charge in [-0.15, -0.1) is 11.3 Å². The Kier molecular flexibility index (Phi) is 3.20. The van der Waals surface area contributed by atoms with Gasteiger partial charge in [0, 0.05) is 20.9 Å². The van der Waals surface area contributed by atoms with E-state index >= 15 is 0 Å². The van der Waals surface area contributed by atoms with Crippen molar-refractivity contribution < 1.29 is 14.0 Å². The number of thiophene rings is 1. The number of rotatable bonds is 2. The summed E-state index contributed by atoms with van der Waals surface area (Å²) >= 11 is 1.38. The van der Waals surface area contributed by atoms with Crippen molar-refractivity contribution in [1.29, 1.82) is 0 Å². The van der Waals surface area contributed by atoms with Gasteiger partial charge in [0.05, 0.1) is 6.42 Å². The summed E-state index contributed by atoms with van der Waals surface area (Å²) in [6, 6.07) is 10.2. The molecule has 2 aromatic rings. The fraction of sp³-hybridized carbons (Fsp3) is 0.0667. The molecule has 0 saturated carbocycles. The standard InChI is InChI=1S/C15H10FNO2S/c16-12-4-2-1-3-11(12)13-6-5-10(20-13)7-9-8-14(18)17-15(9)19/h1-7H,8H2,(H,17,18,19). The summed E-state index contributed by atoms with van der Waals surface area (Å²) in [5.74, 6) is -0.912. The van der Waals surface area contributed by atoms with Crippen LogP contribution in [0.1, 0.15) is 11.3 Å². The van der Waals surface area contributed by atoms with Gasteiger partial charge in [0.25, 0.3) is 5.91 Å². The number of hydrogen-bond acceptors (Lipinski definition) is 3. The van der Waals surface area contributed by atoms with E-state index in [2.05, 4.69) is 5.32 Å². The van der Waals surface area contributed by atoms with E-state index in [-0.39, 0.29) is 24.1 Å². The van der Waals surface area contributed by atoms with Crippen molar-refractivity contribution in [3.05, 3.63) is 52.7 Å². The zero-order chi connectivity index (χ0) is 14.1. The molecule has 3 nitrogen and oxygen atoms in total. The first-order valence-corrected chi connectivity index (χ1v) is 6.84. The van der Waals surface area contributed by atoms with Crippen molar-refractivity contribution in [2.45, 2.75) is 6.42 Å². The van der Waals surface area contributed by atoms with Crippen LogP contribution in [-0.4, -0.2) is 11.8 Å². The quantitative estimate of drug-likeness (QED) is 0.682. The zero-order valence-electron chi connectivity index (χ0n) is 10.4. The first-order valence-electron chi connectivity index (χ1n) is 6.03. The SMILES string of the molecule is O=C1CC(=Cc2ccc(-c3ccccc3F)s2)C(=O)N1. The maximum Gasteiger partial charge on any atom is 0.254 e. The summed E-state index contributed by atoms with van der Waals surface area (Å²) in [7, 11) is 0. The largest absolute Gasteiger partial charge is 0.292 e. The molecule has 0 atom stereocenters. The Morgan fingerprint density at radius 1 is 1.15 bits per heavy atom. The third-order valence-electron chi connectivity index (χ3n) is 2.98. The van der Waals surface area contributed by atoms with E-state index in [0.29, 0.717) is 11.1 Å². The lowest BCUT2D eigenvalue weighted by molar-refractivity contribution is -0.124. The highest BCUT2D eigenvalue weighted by molar-refractivity contribution is 7.16. The fourth-order valence-corrected chi connectivity index (χ4v) is 3.03. The predicted molar refractivity (Wildman–Crippen MR) is 75.5 cm³/mol. The van der Waals surface area contributed by atoms with E-state index in [1.54, 1.807) is 24.3 Å². The summed E-state index contributed by atoms with van der Waals surface area (Å²) in [5, 5.41) is 2.23. The van der Waals surface area contributed by atoms with Gasteiger partial charge in [0.2, 0.25) is 5.91 Å². The molecule has 0 unspecified atom stereocenters. The Morgan fingerprint density at radius 2 is 1.95 bits per heavy atom. The normalized spacial score (nSPS) is 16.8. The number of carbonyl (C=O) groups is 2. The molecule has 1 N–H and O–H groups in total. The lowest BCUT2D eigenvalue weighted by Gasteiger charge is -1.98. The second kappa shape index (κ2) is 5.02. The van der Waals surface area contributed by atoms with Crippen LogP contribution in [0.15, 0.2) is 42.0 Å². The van der Waals surface area contributed by atoms with Crippen molar-refractivity contribution in [2.24, 2.45) is 0 Å². The first kappa shape index (κ1) is 12.7. The molecule has 1 saturated heterocycles. The van der Waals surface area contributed by atoms with Crippen LogP contribution in [0.5, 0.6) is 0 Å². The van der Waals surface area contributed by atoms with Crippen molar-refractivity contribution in [1.82, 2.24) is 5.32 Å². The van der Waals surface area contributed by atoms with Crippen LogP contribution in [0, 0.1) is 5.82 Å². The van der Waals surface area contributed by atoms with Crippen LogP contribution in [-0.2, 0) is 9.59 Å². The van der Waals surface area contributed by atoms with Gasteiger partial charge in [-0.2, -0.15) is 0 Å². The zero-order valence-corrected chi connectivity index (χ0v) is 11.2. The number of imide groups is 1. The maximum atomic E-state index is 13.7. The van der Waals surface area contributed by atoms with Gasteiger partial charge < -0.3 is 0 Å². The molecule has 100 valence electrons. The van der Waals surface area contributed by atoms with E-state index in [9.17, 15) is 14.0 Å². The molecule has 5 heteroatoms. The molecule has 0 aliphatic carbocycles. The molecule has 20 heavy (non-hydrogen) atoms. The number of amides is 2. The monoisotopic (exact) mass is 287 g/mol. The topological polar surface area (TPSA) is 46.2 Å². The van der Waals surface area contributed by atoms with E-state index < -0.39 is 0 Å². The third-order valence-corrected chi connectivity index (χ3v) is 4.04. The van der Waals surface area contributed by atoms with E-state index in [1.165, 1.54) is 17.4 Å². The number of nitrogens with one attached hydrogen (secondary N) is 1. The van der Waals surface area contributed by atoms with Gasteiger partial charge in [-0.3, -0.25) is 14.9 Å². The molecule has 0 radical (unpaired) electrons. The Morgan fingerprint density at radius 3 is 2.65 bits per heavy atom. The van der Waals surface area contributed by atoms with Gasteiger partial charge in [0.15, 0.2) is 0 Å². The maximum absolute atomic E-state index is 13.7. The average molecular weight is 287 g/mol. The number of carbonyl (C=O) groups excluding carboxylic acids is 2. The van der Waals surface area contributed by atoms with Crippen molar-refractivity contribution >= 4 is 29.2 Å². The minimum absolute atomic E-state index is 0.103. The fourth-order valence-electron chi connectivity index (χ4n) is 2.03. The number of benzene rings is 1. The van der Waals surface area contributed by atoms with E-state index in [0.717, 1.165) is 9.75 Å². The van der Waals surface area contributed by atoms with Gasteiger partial charge >= 0.3 is 0 Å². The van der Waals surface area contributed by atoms with Crippen molar-refractivity contribution in [3.63, 3.8) is 0 Å². The van der Waals surface area contributed by atoms with E-state index in [1.807, 2.05) is 12.1 Å². The van der Waals surface area contributed by atoms with Gasteiger partial charge in [-0.1, -0.05) is 18.2 Å². The molecule has 1 aromatic heterocycles. The second-order valence-electron chi connectivity index (χ2n) is 4.41. The highest BCUT2D eigenvalue weighted by Gasteiger charge is 2.23. The van der Waals surface area contributed by atoms with Crippen LogP contribution >= 0.6 is 11.3 Å². The summed E-state index contributed by atoms with van der Waals surface area (Å²) in [6.07, 6.45) is 1.78. The molecule has 1 aliphatic heterocycles. The van der Waals surface area contributed by atoms with Crippen LogP contribution < -0.4 is 5.32 Å². The Balaban J connectivity index is 1.92. The summed E-state index contributed by atoms with van der Waals surface area (Å²) in [5.41, 5.74) is 0.978. The highest BCUT2D eigenvalue weighted by Crippen LogP contribution is 2.31. The average Bonchev–Trinajstić information content (AvgIpc) is 2.98. The number of hydrogen-bond donors (Lipinski definition) is 1. The minimum Gasteiger partial charge on any atom is -0.292 e. The molecule has 0 spiro atoms. The molecule has 2 heterocycles. The molecule has 1 aliphatic rings. The smallest absolute Gasteiger partial charge is 0.254 e. The molecule has 1 fully saturated rings. The van der Waals surface area contributed by atoms with Crippen molar-refractivity contribution in [3.8, 4) is 10.4 Å². The predicted octanol–water partition coefficient (Wildman–Crippen LogP) is 2.98. The van der Waals surface area contributed by atoms with Gasteiger partial charge in [-0.05, 0) is 24.3 Å². The summed E-state index contributed by atoms with van der Waals surface area (Å²) in [6.45, 7) is 0. The number of halogens is 1. The lowest BCUT2D eigenvalue weighted by atomic mass is 10.1. The second-order valence-corrected chi connectivity index (χ2v) is 5.52.